The summed E-state index contributed by atoms with van der Waals surface area (Å²) in [5.41, 5.74) is 7.73. The Morgan fingerprint density at radius 1 is 1.32 bits per heavy atom. The molecule has 2 aromatic rings. The van der Waals surface area contributed by atoms with Gasteiger partial charge in [-0.25, -0.2) is 0 Å². The van der Waals surface area contributed by atoms with E-state index in [4.69, 9.17) is 10.5 Å². The molecular formula is C19H25N3O3. The predicted molar refractivity (Wildman–Crippen MR) is 97.1 cm³/mol. The molecule has 0 radical (unpaired) electrons. The van der Waals surface area contributed by atoms with Gasteiger partial charge in [-0.15, -0.1) is 0 Å². The van der Waals surface area contributed by atoms with Crippen molar-refractivity contribution in [1.82, 2.24) is 4.57 Å². The quantitative estimate of drug-likeness (QED) is 0.790. The van der Waals surface area contributed by atoms with Crippen molar-refractivity contribution < 1.29 is 14.3 Å². The molecule has 6 nitrogen and oxygen atoms in total. The van der Waals surface area contributed by atoms with Crippen molar-refractivity contribution in [3.63, 3.8) is 0 Å². The fourth-order valence-electron chi connectivity index (χ4n) is 3.53. The number of esters is 1. The van der Waals surface area contributed by atoms with Gasteiger partial charge in [0.2, 0.25) is 5.91 Å². The minimum absolute atomic E-state index is 0.00709. The fraction of sp³-hybridized carbons (Fsp3) is 0.474. The zero-order valence-electron chi connectivity index (χ0n) is 14.5. The Hall–Kier alpha value is -2.34. The van der Waals surface area contributed by atoms with Gasteiger partial charge in [0, 0.05) is 35.2 Å². The van der Waals surface area contributed by atoms with Gasteiger partial charge in [0.15, 0.2) is 0 Å². The molecule has 134 valence electrons. The molecule has 25 heavy (non-hydrogen) atoms. The monoisotopic (exact) mass is 343 g/mol. The first-order valence-corrected chi connectivity index (χ1v) is 8.86. The van der Waals surface area contributed by atoms with Crippen molar-refractivity contribution in [2.24, 2.45) is 11.7 Å². The Morgan fingerprint density at radius 2 is 2.16 bits per heavy atom. The van der Waals surface area contributed by atoms with E-state index in [9.17, 15) is 9.59 Å². The fourth-order valence-corrected chi connectivity index (χ4v) is 3.53. The van der Waals surface area contributed by atoms with Gasteiger partial charge in [0.05, 0.1) is 6.61 Å². The van der Waals surface area contributed by atoms with Crippen LogP contribution in [-0.4, -0.2) is 29.1 Å². The lowest BCUT2D eigenvalue weighted by Crippen LogP contribution is -2.28. The maximum absolute atomic E-state index is 12.2. The van der Waals surface area contributed by atoms with Crippen LogP contribution < -0.4 is 11.1 Å². The van der Waals surface area contributed by atoms with Gasteiger partial charge in [0.1, 0.15) is 6.54 Å². The Morgan fingerprint density at radius 3 is 2.88 bits per heavy atom. The molecule has 1 heterocycles. The zero-order valence-corrected chi connectivity index (χ0v) is 14.5. The van der Waals surface area contributed by atoms with E-state index in [1.165, 1.54) is 0 Å². The van der Waals surface area contributed by atoms with Crippen molar-refractivity contribution in [2.45, 2.75) is 45.2 Å². The van der Waals surface area contributed by atoms with E-state index in [1.807, 2.05) is 35.0 Å². The number of rotatable bonds is 6. The number of nitrogens with one attached hydrogen (secondary N) is 1. The van der Waals surface area contributed by atoms with Crippen LogP contribution in [0, 0.1) is 5.92 Å². The Kier molecular flexibility index (Phi) is 5.38. The molecule has 0 bridgehead atoms. The van der Waals surface area contributed by atoms with Crippen LogP contribution in [0.25, 0.3) is 10.9 Å². The van der Waals surface area contributed by atoms with Crippen LogP contribution in [0.3, 0.4) is 0 Å². The van der Waals surface area contributed by atoms with Crippen LogP contribution in [0.5, 0.6) is 0 Å². The molecule has 3 rings (SSSR count). The van der Waals surface area contributed by atoms with Crippen LogP contribution in [-0.2, 0) is 20.9 Å². The third kappa shape index (κ3) is 4.20. The van der Waals surface area contributed by atoms with E-state index in [0.717, 1.165) is 35.9 Å². The molecule has 0 unspecified atom stereocenters. The first-order valence-electron chi connectivity index (χ1n) is 8.86. The molecule has 1 saturated carbocycles. The minimum Gasteiger partial charge on any atom is -0.465 e. The maximum atomic E-state index is 12.2. The number of nitrogens with two attached hydrogens (primary N) is 1. The number of carbonyl (C=O) groups excluding carboxylic acids is 2. The Balaban J connectivity index is 1.65. The molecule has 6 heteroatoms. The first-order chi connectivity index (χ1) is 12.1. The number of hydrogen-bond acceptors (Lipinski definition) is 4. The van der Waals surface area contributed by atoms with E-state index in [-0.39, 0.29) is 30.4 Å². The smallest absolute Gasteiger partial charge is 0.325 e. The summed E-state index contributed by atoms with van der Waals surface area (Å²) in [6.45, 7) is 2.35. The van der Waals surface area contributed by atoms with Gasteiger partial charge >= 0.3 is 5.97 Å². The average molecular weight is 343 g/mol. The highest BCUT2D eigenvalue weighted by molar-refractivity contribution is 5.94. The summed E-state index contributed by atoms with van der Waals surface area (Å²) in [6, 6.07) is 7.76. The van der Waals surface area contributed by atoms with E-state index in [0.29, 0.717) is 13.0 Å². The second-order valence-corrected chi connectivity index (χ2v) is 6.63. The summed E-state index contributed by atoms with van der Waals surface area (Å²) in [7, 11) is 0. The number of ether oxygens (including phenoxy) is 1. The largest absolute Gasteiger partial charge is 0.465 e. The molecule has 1 amide bonds. The van der Waals surface area contributed by atoms with Gasteiger partial charge in [-0.1, -0.05) is 6.42 Å². The lowest BCUT2D eigenvalue weighted by Gasteiger charge is -2.14. The Bertz CT molecular complexity index is 768. The molecule has 0 aliphatic heterocycles. The average Bonchev–Trinajstić information content (AvgIpc) is 3.14. The molecule has 1 fully saturated rings. The molecule has 2 atom stereocenters. The number of anilines is 1. The number of amides is 1. The SMILES string of the molecule is CCOC(=O)Cn1ccc2cc(NC(=O)C[C@@H]3CCC[C@H]3N)ccc21. The van der Waals surface area contributed by atoms with Crippen LogP contribution in [0.4, 0.5) is 5.69 Å². The summed E-state index contributed by atoms with van der Waals surface area (Å²) < 4.78 is 6.83. The number of aromatic nitrogens is 1. The maximum Gasteiger partial charge on any atom is 0.325 e. The molecule has 1 aromatic heterocycles. The van der Waals surface area contributed by atoms with E-state index in [1.54, 1.807) is 6.92 Å². The molecule has 1 aliphatic carbocycles. The van der Waals surface area contributed by atoms with Gasteiger partial charge in [-0.05, 0) is 49.9 Å². The third-order valence-electron chi connectivity index (χ3n) is 4.82. The molecular weight excluding hydrogens is 318 g/mol. The lowest BCUT2D eigenvalue weighted by molar-refractivity contribution is -0.143. The highest BCUT2D eigenvalue weighted by atomic mass is 16.5. The highest BCUT2D eigenvalue weighted by Gasteiger charge is 2.26. The summed E-state index contributed by atoms with van der Waals surface area (Å²) >= 11 is 0. The molecule has 3 N–H and O–H groups in total. The predicted octanol–water partition coefficient (Wildman–Crippen LogP) is 2.66. The second kappa shape index (κ2) is 7.70. The molecule has 0 spiro atoms. The lowest BCUT2D eigenvalue weighted by atomic mass is 10.00. The number of carbonyl (C=O) groups is 2. The molecule has 0 saturated heterocycles. The van der Waals surface area contributed by atoms with Crippen LogP contribution in [0.2, 0.25) is 0 Å². The van der Waals surface area contributed by atoms with E-state index in [2.05, 4.69) is 5.32 Å². The van der Waals surface area contributed by atoms with Gasteiger partial charge in [0.25, 0.3) is 0 Å². The van der Waals surface area contributed by atoms with E-state index >= 15 is 0 Å². The minimum atomic E-state index is -0.259. The topological polar surface area (TPSA) is 86.3 Å². The summed E-state index contributed by atoms with van der Waals surface area (Å²) in [5, 5.41) is 3.93. The van der Waals surface area contributed by atoms with Crippen LogP contribution >= 0.6 is 0 Å². The summed E-state index contributed by atoms with van der Waals surface area (Å²) in [4.78, 5) is 23.9. The summed E-state index contributed by atoms with van der Waals surface area (Å²) in [5.74, 6) is 0.0346. The van der Waals surface area contributed by atoms with Crippen molar-refractivity contribution >= 4 is 28.5 Å². The van der Waals surface area contributed by atoms with Crippen molar-refractivity contribution in [2.75, 3.05) is 11.9 Å². The number of nitrogens with zero attached hydrogens (tertiary/aromatic N) is 1. The van der Waals surface area contributed by atoms with Crippen molar-refractivity contribution in [1.29, 1.82) is 0 Å². The number of fused-ring (bicyclic) bond motifs is 1. The second-order valence-electron chi connectivity index (χ2n) is 6.63. The zero-order chi connectivity index (χ0) is 17.8. The first kappa shape index (κ1) is 17.5. The third-order valence-corrected chi connectivity index (χ3v) is 4.82. The van der Waals surface area contributed by atoms with Crippen LogP contribution in [0.15, 0.2) is 30.5 Å². The summed E-state index contributed by atoms with van der Waals surface area (Å²) in [6.07, 6.45) is 5.48. The molecule has 1 aromatic carbocycles. The van der Waals surface area contributed by atoms with Gasteiger partial charge in [-0.2, -0.15) is 0 Å². The molecule has 1 aliphatic rings. The Labute approximate surface area is 147 Å². The standard InChI is InChI=1S/C19H25N3O3/c1-2-25-19(24)12-22-9-8-14-10-15(6-7-17(14)22)21-18(23)11-13-4-3-5-16(13)20/h6-10,13,16H,2-5,11-12,20H2,1H3,(H,21,23)/t13-,16+/m0/s1. The van der Waals surface area contributed by atoms with Gasteiger partial charge < -0.3 is 20.4 Å². The number of hydrogen-bond donors (Lipinski definition) is 2. The van der Waals surface area contributed by atoms with Gasteiger partial charge in [-0.3, -0.25) is 9.59 Å². The normalized spacial score (nSPS) is 19.9. The number of benzene rings is 1. The van der Waals surface area contributed by atoms with E-state index < -0.39 is 0 Å². The van der Waals surface area contributed by atoms with Crippen LogP contribution in [0.1, 0.15) is 32.6 Å². The highest BCUT2D eigenvalue weighted by Crippen LogP contribution is 2.27. The van der Waals surface area contributed by atoms with Crippen molar-refractivity contribution in [3.8, 4) is 0 Å². The van der Waals surface area contributed by atoms with Crippen molar-refractivity contribution in [3.05, 3.63) is 30.5 Å².